The average Bonchev–Trinajstić information content (AvgIpc) is 2.79. The van der Waals surface area contributed by atoms with E-state index < -0.39 is 29.0 Å². The zero-order valence-electron chi connectivity index (χ0n) is 11.8. The molecule has 0 aliphatic heterocycles. The third-order valence-corrected chi connectivity index (χ3v) is 3.00. The van der Waals surface area contributed by atoms with E-state index in [1.165, 1.54) is 12.3 Å². The summed E-state index contributed by atoms with van der Waals surface area (Å²) in [5.74, 6) is -5.74. The van der Waals surface area contributed by atoms with Crippen LogP contribution in [0.2, 0.25) is 0 Å². The second kappa shape index (κ2) is 4.63. The van der Waals surface area contributed by atoms with Crippen LogP contribution in [-0.4, -0.2) is 20.5 Å². The van der Waals surface area contributed by atoms with Gasteiger partial charge in [0.15, 0.2) is 0 Å². The summed E-state index contributed by atoms with van der Waals surface area (Å²) >= 11 is 0. The molecule has 0 aromatic carbocycles. The van der Waals surface area contributed by atoms with Crippen molar-refractivity contribution >= 4 is 5.65 Å². The van der Waals surface area contributed by atoms with Crippen LogP contribution in [0.15, 0.2) is 12.3 Å². The quantitative estimate of drug-likeness (QED) is 0.756. The number of hydrogen-bond donors (Lipinski definition) is 0. The highest BCUT2D eigenvalue weighted by Gasteiger charge is 2.60. The lowest BCUT2D eigenvalue weighted by Gasteiger charge is -2.18. The minimum atomic E-state index is -5.80. The van der Waals surface area contributed by atoms with Gasteiger partial charge in [-0.25, -0.2) is 9.97 Å². The van der Waals surface area contributed by atoms with Crippen LogP contribution >= 0.6 is 0 Å². The molecule has 0 radical (unpaired) electrons. The Hall–Kier alpha value is -2.24. The van der Waals surface area contributed by atoms with Crippen LogP contribution in [0, 0.1) is 11.3 Å². The summed E-state index contributed by atoms with van der Waals surface area (Å²) in [5.41, 5.74) is -1.75. The van der Waals surface area contributed by atoms with Gasteiger partial charge >= 0.3 is 12.1 Å². The smallest absolute Gasteiger partial charge is 0.275 e. The normalized spacial score (nSPS) is 13.4. The third kappa shape index (κ3) is 2.49. The van der Waals surface area contributed by atoms with Crippen molar-refractivity contribution in [2.75, 3.05) is 0 Å². The summed E-state index contributed by atoms with van der Waals surface area (Å²) < 4.78 is 65.3. The first-order chi connectivity index (χ1) is 9.88. The van der Waals surface area contributed by atoms with Gasteiger partial charge in [0.1, 0.15) is 17.4 Å². The summed E-state index contributed by atoms with van der Waals surface area (Å²) in [7, 11) is 0. The number of nitriles is 1. The molecular weight excluding hydrogens is 307 g/mol. The molecule has 0 aliphatic rings. The Balaban J connectivity index is 2.74. The van der Waals surface area contributed by atoms with E-state index in [1.807, 2.05) is 0 Å². The van der Waals surface area contributed by atoms with E-state index >= 15 is 0 Å². The van der Waals surface area contributed by atoms with Crippen molar-refractivity contribution in [3.63, 3.8) is 0 Å². The summed E-state index contributed by atoms with van der Waals surface area (Å²) in [6.07, 6.45) is -4.40. The molecule has 0 atom stereocenters. The Kier molecular flexibility index (Phi) is 3.39. The van der Waals surface area contributed by atoms with E-state index in [0.29, 0.717) is 11.8 Å². The molecule has 0 saturated heterocycles. The van der Waals surface area contributed by atoms with Gasteiger partial charge in [-0.1, -0.05) is 20.8 Å². The maximum atomic E-state index is 13.4. The Morgan fingerprint density at radius 3 is 2.09 bits per heavy atom. The van der Waals surface area contributed by atoms with Crippen LogP contribution in [0.4, 0.5) is 22.0 Å². The molecule has 0 fully saturated rings. The fourth-order valence-electron chi connectivity index (χ4n) is 1.73. The lowest BCUT2D eigenvalue weighted by atomic mass is 9.93. The van der Waals surface area contributed by atoms with E-state index in [-0.39, 0.29) is 5.65 Å². The van der Waals surface area contributed by atoms with E-state index in [9.17, 15) is 22.0 Å². The summed E-state index contributed by atoms with van der Waals surface area (Å²) in [4.78, 5) is 7.16. The first-order valence-electron chi connectivity index (χ1n) is 6.13. The van der Waals surface area contributed by atoms with Crippen molar-refractivity contribution in [1.29, 1.82) is 5.26 Å². The van der Waals surface area contributed by atoms with E-state index in [1.54, 1.807) is 20.8 Å². The second-order valence-corrected chi connectivity index (χ2v) is 5.75. The molecule has 0 spiro atoms. The molecule has 0 unspecified atom stereocenters. The first-order valence-corrected chi connectivity index (χ1v) is 6.13. The highest BCUT2D eigenvalue weighted by atomic mass is 19.4. The van der Waals surface area contributed by atoms with Crippen molar-refractivity contribution in [2.24, 2.45) is 0 Å². The fourth-order valence-corrected chi connectivity index (χ4v) is 1.73. The second-order valence-electron chi connectivity index (χ2n) is 5.75. The first kappa shape index (κ1) is 16.1. The van der Waals surface area contributed by atoms with Gasteiger partial charge in [-0.2, -0.15) is 27.2 Å². The molecular formula is C13H11F5N4. The van der Waals surface area contributed by atoms with Crippen molar-refractivity contribution in [3.8, 4) is 6.07 Å². The van der Waals surface area contributed by atoms with Gasteiger partial charge in [0.05, 0.1) is 5.69 Å². The van der Waals surface area contributed by atoms with Gasteiger partial charge in [0.2, 0.25) is 5.82 Å². The number of aromatic nitrogens is 3. The molecule has 0 amide bonds. The summed E-state index contributed by atoms with van der Waals surface area (Å²) in [6.45, 7) is 5.37. The molecule has 2 aromatic rings. The average molecular weight is 318 g/mol. The molecule has 2 aromatic heterocycles. The minimum absolute atomic E-state index is 0.185. The van der Waals surface area contributed by atoms with Crippen LogP contribution in [0.25, 0.3) is 5.65 Å². The maximum Gasteiger partial charge on any atom is 0.459 e. The molecule has 0 aliphatic carbocycles. The van der Waals surface area contributed by atoms with E-state index in [0.717, 1.165) is 4.40 Å². The number of hydrogen-bond acceptors (Lipinski definition) is 3. The van der Waals surface area contributed by atoms with Crippen LogP contribution in [0.5, 0.6) is 0 Å². The number of fused-ring (bicyclic) bond motifs is 1. The Morgan fingerprint density at radius 2 is 1.64 bits per heavy atom. The predicted molar refractivity (Wildman–Crippen MR) is 66.4 cm³/mol. The van der Waals surface area contributed by atoms with E-state index in [2.05, 4.69) is 9.97 Å². The lowest BCUT2D eigenvalue weighted by Crippen LogP contribution is -2.35. The molecule has 0 bridgehead atoms. The summed E-state index contributed by atoms with van der Waals surface area (Å²) in [6, 6.07) is 2.06. The molecule has 22 heavy (non-hydrogen) atoms. The molecule has 9 heteroatoms. The van der Waals surface area contributed by atoms with Crippen LogP contribution in [0.3, 0.4) is 0 Å². The molecule has 118 valence electrons. The number of halogens is 5. The van der Waals surface area contributed by atoms with Crippen molar-refractivity contribution < 1.29 is 22.0 Å². The zero-order valence-corrected chi connectivity index (χ0v) is 11.8. The standard InChI is InChI=1S/C13H11F5N4/c1-11(2,3)8-6-22-9(21-8)4-7(20-10(22)5-19)12(14,15)13(16,17)18/h4,6H,1-3H3. The van der Waals surface area contributed by atoms with Gasteiger partial charge in [0, 0.05) is 17.7 Å². The van der Waals surface area contributed by atoms with Gasteiger partial charge in [0.25, 0.3) is 0 Å². The topological polar surface area (TPSA) is 54.0 Å². The molecule has 2 heterocycles. The number of imidazole rings is 1. The van der Waals surface area contributed by atoms with Crippen molar-refractivity contribution in [2.45, 2.75) is 38.3 Å². The van der Waals surface area contributed by atoms with Gasteiger partial charge < -0.3 is 0 Å². The Labute approximate surface area is 122 Å². The highest BCUT2D eigenvalue weighted by Crippen LogP contribution is 2.43. The van der Waals surface area contributed by atoms with Crippen LogP contribution < -0.4 is 0 Å². The maximum absolute atomic E-state index is 13.4. The van der Waals surface area contributed by atoms with E-state index in [4.69, 9.17) is 5.26 Å². The number of nitrogens with zero attached hydrogens (tertiary/aromatic N) is 4. The van der Waals surface area contributed by atoms with Gasteiger partial charge in [-0.15, -0.1) is 0 Å². The Morgan fingerprint density at radius 1 is 1.05 bits per heavy atom. The predicted octanol–water partition coefficient (Wildman–Crippen LogP) is 3.55. The van der Waals surface area contributed by atoms with Crippen LogP contribution in [-0.2, 0) is 11.3 Å². The minimum Gasteiger partial charge on any atom is -0.275 e. The summed E-state index contributed by atoms with van der Waals surface area (Å²) in [5, 5.41) is 8.95. The van der Waals surface area contributed by atoms with Gasteiger partial charge in [-0.05, 0) is 0 Å². The largest absolute Gasteiger partial charge is 0.459 e. The monoisotopic (exact) mass is 318 g/mol. The fraction of sp³-hybridized carbons (Fsp3) is 0.462. The molecule has 4 nitrogen and oxygen atoms in total. The highest BCUT2D eigenvalue weighted by molar-refractivity contribution is 5.46. The zero-order chi connectivity index (χ0) is 16.9. The Bertz CT molecular complexity index is 762. The SMILES string of the molecule is CC(C)(C)c1cn2c(C#N)nc(C(F)(F)C(F)(F)F)cc2n1. The lowest BCUT2D eigenvalue weighted by molar-refractivity contribution is -0.290. The number of alkyl halides is 5. The van der Waals surface area contributed by atoms with Crippen molar-refractivity contribution in [1.82, 2.24) is 14.4 Å². The van der Waals surface area contributed by atoms with Gasteiger partial charge in [-0.3, -0.25) is 4.40 Å². The molecule has 0 saturated carbocycles. The molecule has 0 N–H and O–H groups in total. The van der Waals surface area contributed by atoms with Crippen molar-refractivity contribution in [3.05, 3.63) is 29.5 Å². The third-order valence-electron chi connectivity index (χ3n) is 3.00. The van der Waals surface area contributed by atoms with Crippen LogP contribution in [0.1, 0.15) is 38.0 Å². The molecule has 2 rings (SSSR count). The number of rotatable bonds is 1.